The van der Waals surface area contributed by atoms with Crippen molar-refractivity contribution in [3.63, 3.8) is 0 Å². The third-order valence-electron chi connectivity index (χ3n) is 4.41. The van der Waals surface area contributed by atoms with E-state index in [2.05, 4.69) is 9.71 Å². The Kier molecular flexibility index (Phi) is 4.41. The van der Waals surface area contributed by atoms with Gasteiger partial charge in [-0.15, -0.1) is 11.3 Å². The number of anilines is 2. The SMILES string of the molecule is O=c1[nH]ccc2cc(F)c(NS(=O)(=O)c3ccc(N4CC[C@@H](O)C4)s3)cc12. The second kappa shape index (κ2) is 6.63. The number of aromatic amines is 1. The Morgan fingerprint density at radius 2 is 2.11 bits per heavy atom. The summed E-state index contributed by atoms with van der Waals surface area (Å²) in [5, 5.41) is 10.9. The van der Waals surface area contributed by atoms with Crippen LogP contribution in [-0.2, 0) is 10.0 Å². The van der Waals surface area contributed by atoms with Gasteiger partial charge >= 0.3 is 0 Å². The van der Waals surface area contributed by atoms with E-state index in [0.29, 0.717) is 24.9 Å². The fourth-order valence-corrected chi connectivity index (χ4v) is 5.44. The van der Waals surface area contributed by atoms with E-state index in [1.54, 1.807) is 6.07 Å². The molecule has 10 heteroatoms. The van der Waals surface area contributed by atoms with Crippen molar-refractivity contribution in [3.8, 4) is 0 Å². The topological polar surface area (TPSA) is 102 Å². The molecule has 0 amide bonds. The number of β-amino-alcohol motifs (C(OH)–C–C–N with tert-alkyl or cyclic N) is 1. The third-order valence-corrected chi connectivity index (χ3v) is 7.42. The van der Waals surface area contributed by atoms with Gasteiger partial charge in [0, 0.05) is 24.7 Å². The molecule has 1 aliphatic rings. The summed E-state index contributed by atoms with van der Waals surface area (Å²) in [4.78, 5) is 16.3. The van der Waals surface area contributed by atoms with E-state index in [1.807, 2.05) is 4.90 Å². The van der Waals surface area contributed by atoms with Gasteiger partial charge < -0.3 is 15.0 Å². The third kappa shape index (κ3) is 3.43. The van der Waals surface area contributed by atoms with E-state index in [1.165, 1.54) is 24.4 Å². The van der Waals surface area contributed by atoms with Gasteiger partial charge in [0.1, 0.15) is 10.0 Å². The van der Waals surface area contributed by atoms with Crippen LogP contribution in [0, 0.1) is 5.82 Å². The molecule has 4 rings (SSSR count). The van der Waals surface area contributed by atoms with E-state index in [9.17, 15) is 22.7 Å². The van der Waals surface area contributed by atoms with Gasteiger partial charge in [-0.2, -0.15) is 0 Å². The van der Waals surface area contributed by atoms with E-state index >= 15 is 0 Å². The molecule has 3 aromatic rings. The maximum Gasteiger partial charge on any atom is 0.271 e. The molecule has 0 radical (unpaired) electrons. The monoisotopic (exact) mass is 409 g/mol. The number of nitrogens with zero attached hydrogens (tertiary/aromatic N) is 1. The molecule has 1 saturated heterocycles. The molecule has 0 spiro atoms. The molecule has 0 unspecified atom stereocenters. The lowest BCUT2D eigenvalue weighted by Crippen LogP contribution is -2.19. The number of aliphatic hydroxyl groups is 1. The van der Waals surface area contributed by atoms with Gasteiger partial charge in [0.25, 0.3) is 15.6 Å². The molecule has 142 valence electrons. The lowest BCUT2D eigenvalue weighted by atomic mass is 10.1. The molecule has 0 bridgehead atoms. The summed E-state index contributed by atoms with van der Waals surface area (Å²) in [6, 6.07) is 6.95. The molecular formula is C17H16FN3O4S2. The first-order valence-electron chi connectivity index (χ1n) is 8.20. The number of benzene rings is 1. The first kappa shape index (κ1) is 18.0. The van der Waals surface area contributed by atoms with E-state index in [-0.39, 0.29) is 15.3 Å². The van der Waals surface area contributed by atoms with Crippen LogP contribution in [0.4, 0.5) is 15.1 Å². The van der Waals surface area contributed by atoms with Crippen molar-refractivity contribution in [1.29, 1.82) is 0 Å². The van der Waals surface area contributed by atoms with Crippen LogP contribution in [-0.4, -0.2) is 37.7 Å². The highest BCUT2D eigenvalue weighted by molar-refractivity contribution is 7.94. The molecule has 2 aromatic heterocycles. The Morgan fingerprint density at radius 3 is 2.85 bits per heavy atom. The van der Waals surface area contributed by atoms with Gasteiger partial charge in [-0.25, -0.2) is 12.8 Å². The first-order chi connectivity index (χ1) is 12.8. The number of nitrogens with one attached hydrogen (secondary N) is 2. The highest BCUT2D eigenvalue weighted by Gasteiger charge is 2.25. The van der Waals surface area contributed by atoms with E-state index in [0.717, 1.165) is 22.4 Å². The molecule has 0 saturated carbocycles. The average molecular weight is 409 g/mol. The number of halogens is 1. The van der Waals surface area contributed by atoms with Gasteiger partial charge in [0.2, 0.25) is 0 Å². The number of H-pyrrole nitrogens is 1. The number of rotatable bonds is 4. The minimum absolute atomic E-state index is 0.0281. The van der Waals surface area contributed by atoms with Crippen molar-refractivity contribution in [2.24, 2.45) is 0 Å². The highest BCUT2D eigenvalue weighted by atomic mass is 32.2. The van der Waals surface area contributed by atoms with Crippen LogP contribution < -0.4 is 15.2 Å². The number of sulfonamides is 1. The summed E-state index contributed by atoms with van der Waals surface area (Å²) >= 11 is 1.05. The Balaban J connectivity index is 1.65. The maximum atomic E-state index is 14.3. The quantitative estimate of drug-likeness (QED) is 0.612. The van der Waals surface area contributed by atoms with Crippen molar-refractivity contribution in [3.05, 3.63) is 52.7 Å². The summed E-state index contributed by atoms with van der Waals surface area (Å²) in [6.45, 7) is 1.10. The zero-order valence-electron chi connectivity index (χ0n) is 14.0. The largest absolute Gasteiger partial charge is 0.391 e. The zero-order chi connectivity index (χ0) is 19.2. The van der Waals surface area contributed by atoms with Crippen LogP contribution in [0.15, 0.2) is 45.5 Å². The second-order valence-electron chi connectivity index (χ2n) is 6.31. The van der Waals surface area contributed by atoms with Crippen molar-refractivity contribution < 1.29 is 17.9 Å². The number of pyridine rings is 1. The number of aromatic nitrogens is 1. The van der Waals surface area contributed by atoms with Gasteiger partial charge in [-0.3, -0.25) is 9.52 Å². The smallest absolute Gasteiger partial charge is 0.271 e. The standard InChI is InChI=1S/C17H16FN3O4S2/c18-13-7-10-3-5-19-17(23)12(10)8-14(13)20-27(24,25)16-2-1-15(26-16)21-6-4-11(22)9-21/h1-3,5,7-8,11,20,22H,4,6,9H2,(H,19,23)/t11-/m1/s1. The molecule has 1 aromatic carbocycles. The maximum absolute atomic E-state index is 14.3. The number of thiophene rings is 1. The van der Waals surface area contributed by atoms with Crippen molar-refractivity contribution >= 4 is 42.8 Å². The van der Waals surface area contributed by atoms with Crippen molar-refractivity contribution in [1.82, 2.24) is 4.98 Å². The number of aliphatic hydroxyl groups excluding tert-OH is 1. The molecule has 27 heavy (non-hydrogen) atoms. The van der Waals surface area contributed by atoms with Crippen molar-refractivity contribution in [2.45, 2.75) is 16.7 Å². The molecule has 1 fully saturated rings. The van der Waals surface area contributed by atoms with Crippen LogP contribution in [0.5, 0.6) is 0 Å². The Labute approximate surface area is 158 Å². The zero-order valence-corrected chi connectivity index (χ0v) is 15.6. The van der Waals surface area contributed by atoms with E-state index < -0.39 is 27.5 Å². The predicted octanol–water partition coefficient (Wildman–Crippen LogP) is 2.10. The summed E-state index contributed by atoms with van der Waals surface area (Å²) < 4.78 is 41.9. The van der Waals surface area contributed by atoms with Crippen LogP contribution in [0.25, 0.3) is 10.8 Å². The fourth-order valence-electron chi connectivity index (χ4n) is 3.05. The van der Waals surface area contributed by atoms with Crippen LogP contribution in [0.2, 0.25) is 0 Å². The average Bonchev–Trinajstić information content (AvgIpc) is 3.25. The fraction of sp³-hybridized carbons (Fsp3) is 0.235. The molecule has 1 aliphatic heterocycles. The lowest BCUT2D eigenvalue weighted by molar-refractivity contribution is 0.198. The van der Waals surface area contributed by atoms with E-state index in [4.69, 9.17) is 0 Å². The Hall–Kier alpha value is -2.43. The molecule has 3 heterocycles. The van der Waals surface area contributed by atoms with Crippen LogP contribution >= 0.6 is 11.3 Å². The van der Waals surface area contributed by atoms with Crippen LogP contribution in [0.3, 0.4) is 0 Å². The normalized spacial score (nSPS) is 17.6. The Bertz CT molecular complexity index is 1170. The highest BCUT2D eigenvalue weighted by Crippen LogP contribution is 2.33. The van der Waals surface area contributed by atoms with Gasteiger partial charge in [0.05, 0.1) is 16.8 Å². The summed E-state index contributed by atoms with van der Waals surface area (Å²) in [5.41, 5.74) is -0.718. The minimum atomic E-state index is -4.01. The molecule has 1 atom stereocenters. The molecular weight excluding hydrogens is 393 g/mol. The second-order valence-corrected chi connectivity index (χ2v) is 9.28. The van der Waals surface area contributed by atoms with Gasteiger partial charge in [-0.05, 0) is 42.1 Å². The summed E-state index contributed by atoms with van der Waals surface area (Å²) in [6.07, 6.45) is 1.61. The first-order valence-corrected chi connectivity index (χ1v) is 10.5. The van der Waals surface area contributed by atoms with Crippen LogP contribution in [0.1, 0.15) is 6.42 Å². The van der Waals surface area contributed by atoms with Crippen molar-refractivity contribution in [2.75, 3.05) is 22.7 Å². The molecule has 3 N–H and O–H groups in total. The summed E-state index contributed by atoms with van der Waals surface area (Å²) in [7, 11) is -4.01. The number of hydrogen-bond acceptors (Lipinski definition) is 6. The molecule has 7 nitrogen and oxygen atoms in total. The summed E-state index contributed by atoms with van der Waals surface area (Å²) in [5.74, 6) is -0.767. The lowest BCUT2D eigenvalue weighted by Gasteiger charge is -2.14. The number of hydrogen-bond donors (Lipinski definition) is 3. The minimum Gasteiger partial charge on any atom is -0.391 e. The predicted molar refractivity (Wildman–Crippen MR) is 102 cm³/mol. The van der Waals surface area contributed by atoms with Gasteiger partial charge in [0.15, 0.2) is 0 Å². The van der Waals surface area contributed by atoms with Gasteiger partial charge in [-0.1, -0.05) is 0 Å². The molecule has 0 aliphatic carbocycles. The number of fused-ring (bicyclic) bond motifs is 1. The Morgan fingerprint density at radius 1 is 1.30 bits per heavy atom.